The Hall–Kier alpha value is -2.27. The zero-order valence-electron chi connectivity index (χ0n) is 13.0. The van der Waals surface area contributed by atoms with Gasteiger partial charge in [0.2, 0.25) is 0 Å². The first-order valence-electron chi connectivity index (χ1n) is 8.23. The topological polar surface area (TPSA) is 58.1 Å². The molecule has 1 aromatic carbocycles. The van der Waals surface area contributed by atoms with Gasteiger partial charge in [0, 0.05) is 36.8 Å². The lowest BCUT2D eigenvalue weighted by molar-refractivity contribution is 0.0733. The molecular formula is C18H20N4O. The molecule has 1 N–H and O–H groups in total. The number of fused-ring (bicyclic) bond motifs is 1. The van der Waals surface area contributed by atoms with Crippen LogP contribution in [0.1, 0.15) is 46.3 Å². The molecule has 2 aromatic rings. The first-order chi connectivity index (χ1) is 11.3. The van der Waals surface area contributed by atoms with E-state index in [9.17, 15) is 4.79 Å². The number of hydrogen-bond donors (Lipinski definition) is 1. The Morgan fingerprint density at radius 2 is 2.13 bits per heavy atom. The maximum atomic E-state index is 12.6. The number of aromatic nitrogens is 2. The predicted molar refractivity (Wildman–Crippen MR) is 86.9 cm³/mol. The largest absolute Gasteiger partial charge is 0.334 e. The number of hydrogen-bond acceptors (Lipinski definition) is 4. The van der Waals surface area contributed by atoms with E-state index >= 15 is 0 Å². The molecule has 2 aliphatic rings. The van der Waals surface area contributed by atoms with Crippen LogP contribution in [-0.4, -0.2) is 33.9 Å². The molecule has 118 valence electrons. The van der Waals surface area contributed by atoms with Crippen molar-refractivity contribution in [3.05, 3.63) is 59.2 Å². The zero-order chi connectivity index (χ0) is 15.6. The number of carbonyl (C=O) groups excluding carboxylic acids is 1. The van der Waals surface area contributed by atoms with Crippen molar-refractivity contribution in [2.45, 2.75) is 31.8 Å². The quantitative estimate of drug-likeness (QED) is 0.923. The lowest BCUT2D eigenvalue weighted by Crippen LogP contribution is -2.36. The van der Waals surface area contributed by atoms with Crippen LogP contribution in [0.25, 0.3) is 0 Å². The van der Waals surface area contributed by atoms with E-state index < -0.39 is 0 Å². The highest BCUT2D eigenvalue weighted by atomic mass is 16.2. The maximum absolute atomic E-state index is 12.6. The number of amides is 1. The van der Waals surface area contributed by atoms with Crippen LogP contribution in [-0.2, 0) is 13.0 Å². The predicted octanol–water partition coefficient (Wildman–Crippen LogP) is 2.10. The van der Waals surface area contributed by atoms with E-state index in [0.29, 0.717) is 12.6 Å². The lowest BCUT2D eigenvalue weighted by Gasteiger charge is -2.28. The fourth-order valence-corrected chi connectivity index (χ4v) is 3.34. The van der Waals surface area contributed by atoms with Gasteiger partial charge >= 0.3 is 0 Å². The van der Waals surface area contributed by atoms with Gasteiger partial charge in [-0.15, -0.1) is 0 Å². The van der Waals surface area contributed by atoms with Gasteiger partial charge in [-0.2, -0.15) is 0 Å². The van der Waals surface area contributed by atoms with Gasteiger partial charge in [-0.3, -0.25) is 4.79 Å². The fourth-order valence-electron chi connectivity index (χ4n) is 3.34. The van der Waals surface area contributed by atoms with Crippen molar-refractivity contribution in [3.8, 4) is 0 Å². The molecule has 5 nitrogen and oxygen atoms in total. The summed E-state index contributed by atoms with van der Waals surface area (Å²) in [6.45, 7) is 2.36. The molecule has 1 atom stereocenters. The molecule has 0 radical (unpaired) electrons. The monoisotopic (exact) mass is 308 g/mol. The van der Waals surface area contributed by atoms with Crippen LogP contribution in [0.5, 0.6) is 0 Å². The van der Waals surface area contributed by atoms with Crippen LogP contribution >= 0.6 is 0 Å². The zero-order valence-corrected chi connectivity index (χ0v) is 13.0. The Morgan fingerprint density at radius 1 is 1.26 bits per heavy atom. The van der Waals surface area contributed by atoms with Crippen LogP contribution in [0, 0.1) is 0 Å². The minimum Gasteiger partial charge on any atom is -0.334 e. The third-order valence-corrected chi connectivity index (χ3v) is 4.63. The van der Waals surface area contributed by atoms with Gasteiger partial charge in [-0.05, 0) is 31.5 Å². The molecule has 1 aromatic heterocycles. The minimum absolute atomic E-state index is 0.0813. The summed E-state index contributed by atoms with van der Waals surface area (Å²) in [6, 6.07) is 9.75. The SMILES string of the molecule is O=C(c1ccccc1)N1CCc2nc(C3CCCN3)ncc2C1. The average Bonchev–Trinajstić information content (AvgIpc) is 3.15. The molecule has 1 fully saturated rings. The van der Waals surface area contributed by atoms with Crippen molar-refractivity contribution in [1.29, 1.82) is 0 Å². The molecule has 23 heavy (non-hydrogen) atoms. The Morgan fingerprint density at radius 3 is 2.91 bits per heavy atom. The number of carbonyl (C=O) groups is 1. The third kappa shape index (κ3) is 2.84. The number of nitrogens with one attached hydrogen (secondary N) is 1. The van der Waals surface area contributed by atoms with E-state index in [1.54, 1.807) is 0 Å². The molecule has 1 unspecified atom stereocenters. The van der Waals surface area contributed by atoms with Crippen LogP contribution < -0.4 is 5.32 Å². The molecule has 0 saturated carbocycles. The minimum atomic E-state index is 0.0813. The number of nitrogens with zero attached hydrogens (tertiary/aromatic N) is 3. The second-order valence-electron chi connectivity index (χ2n) is 6.19. The number of benzene rings is 1. The normalized spacial score (nSPS) is 20.3. The second kappa shape index (κ2) is 6.08. The first-order valence-corrected chi connectivity index (χ1v) is 8.23. The van der Waals surface area contributed by atoms with Crippen LogP contribution in [0.2, 0.25) is 0 Å². The van der Waals surface area contributed by atoms with E-state index in [0.717, 1.165) is 48.6 Å². The van der Waals surface area contributed by atoms with Crippen LogP contribution in [0.15, 0.2) is 36.5 Å². The van der Waals surface area contributed by atoms with Crippen LogP contribution in [0.4, 0.5) is 0 Å². The van der Waals surface area contributed by atoms with Gasteiger partial charge < -0.3 is 10.2 Å². The van der Waals surface area contributed by atoms with Crippen molar-refractivity contribution in [2.24, 2.45) is 0 Å². The van der Waals surface area contributed by atoms with Gasteiger partial charge in [-0.1, -0.05) is 18.2 Å². The molecule has 3 heterocycles. The van der Waals surface area contributed by atoms with Crippen LogP contribution in [0.3, 0.4) is 0 Å². The molecule has 1 saturated heterocycles. The summed E-state index contributed by atoms with van der Waals surface area (Å²) < 4.78 is 0. The van der Waals surface area contributed by atoms with Gasteiger partial charge in [0.25, 0.3) is 5.91 Å². The summed E-state index contributed by atoms with van der Waals surface area (Å²) in [4.78, 5) is 23.7. The molecule has 5 heteroatoms. The highest BCUT2D eigenvalue weighted by Crippen LogP contribution is 2.23. The van der Waals surface area contributed by atoms with Crippen molar-refractivity contribution in [1.82, 2.24) is 20.2 Å². The van der Waals surface area contributed by atoms with E-state index in [4.69, 9.17) is 4.98 Å². The molecule has 4 rings (SSSR count). The van der Waals surface area contributed by atoms with Crippen molar-refractivity contribution in [3.63, 3.8) is 0 Å². The van der Waals surface area contributed by atoms with E-state index in [-0.39, 0.29) is 5.91 Å². The second-order valence-corrected chi connectivity index (χ2v) is 6.19. The summed E-state index contributed by atoms with van der Waals surface area (Å²) >= 11 is 0. The van der Waals surface area contributed by atoms with Gasteiger partial charge in [0.05, 0.1) is 11.7 Å². The van der Waals surface area contributed by atoms with E-state index in [2.05, 4.69) is 10.3 Å². The van der Waals surface area contributed by atoms with E-state index in [1.165, 1.54) is 6.42 Å². The molecule has 0 spiro atoms. The molecule has 0 aliphatic carbocycles. The molecule has 2 aliphatic heterocycles. The van der Waals surface area contributed by atoms with Crippen molar-refractivity contribution in [2.75, 3.05) is 13.1 Å². The molecule has 0 bridgehead atoms. The number of rotatable bonds is 2. The highest BCUT2D eigenvalue weighted by molar-refractivity contribution is 5.94. The molecule has 1 amide bonds. The summed E-state index contributed by atoms with van der Waals surface area (Å²) in [7, 11) is 0. The summed E-state index contributed by atoms with van der Waals surface area (Å²) in [6.07, 6.45) is 5.00. The summed E-state index contributed by atoms with van der Waals surface area (Å²) in [5.41, 5.74) is 2.91. The average molecular weight is 308 g/mol. The standard InChI is InChI=1S/C18H20N4O/c23-18(13-5-2-1-3-6-13)22-10-8-15-14(12-22)11-20-17(21-15)16-7-4-9-19-16/h1-3,5-6,11,16,19H,4,7-10,12H2. The van der Waals surface area contributed by atoms with Gasteiger partial charge in [0.15, 0.2) is 0 Å². The first kappa shape index (κ1) is 14.3. The van der Waals surface area contributed by atoms with Crippen molar-refractivity contribution < 1.29 is 4.79 Å². The maximum Gasteiger partial charge on any atom is 0.254 e. The Labute approximate surface area is 135 Å². The Bertz CT molecular complexity index is 710. The summed E-state index contributed by atoms with van der Waals surface area (Å²) in [5.74, 6) is 0.988. The molecular weight excluding hydrogens is 288 g/mol. The van der Waals surface area contributed by atoms with E-state index in [1.807, 2.05) is 41.4 Å². The Kier molecular flexibility index (Phi) is 3.79. The van der Waals surface area contributed by atoms with Gasteiger partial charge in [0.1, 0.15) is 5.82 Å². The Balaban J connectivity index is 1.52. The van der Waals surface area contributed by atoms with Gasteiger partial charge in [-0.25, -0.2) is 9.97 Å². The summed E-state index contributed by atoms with van der Waals surface area (Å²) in [5, 5.41) is 3.44. The van der Waals surface area contributed by atoms with Crippen molar-refractivity contribution >= 4 is 5.91 Å². The fraction of sp³-hybridized carbons (Fsp3) is 0.389. The smallest absolute Gasteiger partial charge is 0.254 e. The lowest BCUT2D eigenvalue weighted by atomic mass is 10.1. The highest BCUT2D eigenvalue weighted by Gasteiger charge is 2.25. The third-order valence-electron chi connectivity index (χ3n) is 4.63.